The number of ether oxygens (including phenoxy) is 1. The number of benzene rings is 1. The molecule has 2 rings (SSSR count). The van der Waals surface area contributed by atoms with Gasteiger partial charge in [-0.2, -0.15) is 0 Å². The van der Waals surface area contributed by atoms with E-state index in [1.165, 1.54) is 0 Å². The lowest BCUT2D eigenvalue weighted by Gasteiger charge is -2.11. The monoisotopic (exact) mass is 370 g/mol. The third-order valence-corrected chi connectivity index (χ3v) is 3.40. The zero-order valence-corrected chi connectivity index (χ0v) is 14.1. The number of aromatic nitrogens is 2. The number of nitrogens with zero attached hydrogens (tertiary/aromatic N) is 2. The van der Waals surface area contributed by atoms with Crippen LogP contribution in [0.3, 0.4) is 0 Å². The molecule has 0 atom stereocenters. The molecule has 1 heterocycles. The minimum absolute atomic E-state index is 0.349. The van der Waals surface area contributed by atoms with Crippen LogP contribution >= 0.6 is 27.5 Å². The van der Waals surface area contributed by atoms with Gasteiger partial charge in [-0.15, -0.1) is 0 Å². The molecule has 0 saturated carbocycles. The molecule has 0 fully saturated rings. The van der Waals surface area contributed by atoms with Gasteiger partial charge < -0.3 is 15.4 Å². The summed E-state index contributed by atoms with van der Waals surface area (Å²) in [5.41, 5.74) is 0.782. The second-order valence-corrected chi connectivity index (χ2v) is 5.59. The molecule has 112 valence electrons. The van der Waals surface area contributed by atoms with Gasteiger partial charge in [-0.05, 0) is 25.1 Å². The van der Waals surface area contributed by atoms with Crippen molar-refractivity contribution in [2.75, 3.05) is 24.3 Å². The number of anilines is 3. The molecule has 0 amide bonds. The number of nitrogens with one attached hydrogen (secondary N) is 2. The van der Waals surface area contributed by atoms with Crippen LogP contribution in [0.5, 0.6) is 0 Å². The molecule has 0 aliphatic rings. The molecule has 2 N–H and O–H groups in total. The summed E-state index contributed by atoms with van der Waals surface area (Å²) in [7, 11) is 1.61. The third kappa shape index (κ3) is 4.56. The number of halogens is 2. The molecule has 5 nitrogen and oxygen atoms in total. The van der Waals surface area contributed by atoms with E-state index in [2.05, 4.69) is 36.5 Å². The minimum Gasteiger partial charge on any atom is -0.377 e. The van der Waals surface area contributed by atoms with Gasteiger partial charge in [0.05, 0.1) is 10.7 Å². The molecule has 0 aliphatic heterocycles. The van der Waals surface area contributed by atoms with Crippen molar-refractivity contribution < 1.29 is 4.74 Å². The van der Waals surface area contributed by atoms with Crippen molar-refractivity contribution in [1.29, 1.82) is 0 Å². The Bertz CT molecular complexity index is 600. The fourth-order valence-electron chi connectivity index (χ4n) is 1.76. The summed E-state index contributed by atoms with van der Waals surface area (Å²) >= 11 is 9.59. The van der Waals surface area contributed by atoms with Gasteiger partial charge >= 0.3 is 0 Å². The van der Waals surface area contributed by atoms with Crippen molar-refractivity contribution >= 4 is 44.9 Å². The van der Waals surface area contributed by atoms with E-state index >= 15 is 0 Å². The fraction of sp³-hybridized carbons (Fsp3) is 0.286. The summed E-state index contributed by atoms with van der Waals surface area (Å²) in [6.45, 7) is 3.14. The van der Waals surface area contributed by atoms with Crippen molar-refractivity contribution in [1.82, 2.24) is 9.97 Å². The maximum atomic E-state index is 6.21. The zero-order chi connectivity index (χ0) is 15.2. The first kappa shape index (κ1) is 16.0. The molecule has 0 unspecified atom stereocenters. The normalized spacial score (nSPS) is 10.5. The summed E-state index contributed by atoms with van der Waals surface area (Å²) in [4.78, 5) is 8.77. The molecule has 2 aromatic rings. The van der Waals surface area contributed by atoms with E-state index in [1.807, 2.05) is 31.2 Å². The molecule has 1 aromatic heterocycles. The van der Waals surface area contributed by atoms with Crippen molar-refractivity contribution in [2.45, 2.75) is 13.5 Å². The van der Waals surface area contributed by atoms with E-state index in [-0.39, 0.29) is 0 Å². The van der Waals surface area contributed by atoms with Gasteiger partial charge in [-0.1, -0.05) is 27.5 Å². The van der Waals surface area contributed by atoms with E-state index in [4.69, 9.17) is 16.3 Å². The number of hydrogen-bond acceptors (Lipinski definition) is 5. The highest BCUT2D eigenvalue weighted by atomic mass is 79.9. The summed E-state index contributed by atoms with van der Waals surface area (Å²) < 4.78 is 6.02. The Hall–Kier alpha value is -1.37. The highest BCUT2D eigenvalue weighted by Crippen LogP contribution is 2.28. The number of rotatable bonds is 6. The fourth-order valence-corrected chi connectivity index (χ4v) is 2.48. The van der Waals surface area contributed by atoms with Gasteiger partial charge in [0.2, 0.25) is 0 Å². The number of methoxy groups -OCH3 is 1. The van der Waals surface area contributed by atoms with Crippen LogP contribution in [0.15, 0.2) is 28.7 Å². The van der Waals surface area contributed by atoms with Crippen LogP contribution in [0.25, 0.3) is 0 Å². The highest BCUT2D eigenvalue weighted by Gasteiger charge is 2.07. The van der Waals surface area contributed by atoms with Crippen molar-refractivity contribution in [3.63, 3.8) is 0 Å². The zero-order valence-electron chi connectivity index (χ0n) is 11.8. The van der Waals surface area contributed by atoms with Crippen LogP contribution in [-0.4, -0.2) is 23.6 Å². The van der Waals surface area contributed by atoms with Crippen LogP contribution in [-0.2, 0) is 11.3 Å². The van der Waals surface area contributed by atoms with Crippen LogP contribution in [0.2, 0.25) is 5.02 Å². The maximum Gasteiger partial charge on any atom is 0.158 e. The molecular formula is C14H16BrClN4O. The average molecular weight is 372 g/mol. The van der Waals surface area contributed by atoms with Crippen LogP contribution in [0, 0.1) is 0 Å². The van der Waals surface area contributed by atoms with E-state index in [9.17, 15) is 0 Å². The first-order chi connectivity index (χ1) is 10.1. The van der Waals surface area contributed by atoms with Gasteiger partial charge in [0.1, 0.15) is 18.2 Å². The smallest absolute Gasteiger partial charge is 0.158 e. The Labute approximate surface area is 137 Å². The topological polar surface area (TPSA) is 59.1 Å². The second-order valence-electron chi connectivity index (χ2n) is 4.27. The lowest BCUT2D eigenvalue weighted by molar-refractivity contribution is 0.178. The Kier molecular flexibility index (Phi) is 5.78. The number of hydrogen-bond donors (Lipinski definition) is 2. The van der Waals surface area contributed by atoms with Crippen molar-refractivity contribution in [2.24, 2.45) is 0 Å². The van der Waals surface area contributed by atoms with Gasteiger partial charge in [-0.25, -0.2) is 9.97 Å². The predicted octanol–water partition coefficient (Wildman–Crippen LogP) is 4.21. The van der Waals surface area contributed by atoms with Gasteiger partial charge in [0.25, 0.3) is 0 Å². The van der Waals surface area contributed by atoms with Crippen LogP contribution < -0.4 is 10.6 Å². The molecule has 0 aliphatic carbocycles. The van der Waals surface area contributed by atoms with Gasteiger partial charge in [0.15, 0.2) is 5.82 Å². The standard InChI is InChI=1S/C14H16BrClN4O/c1-3-17-12-7-13(20-14(19-12)8-21-2)18-11-5-4-9(15)6-10(11)16/h4-7H,3,8H2,1-2H3,(H2,17,18,19,20). The Morgan fingerprint density at radius 3 is 2.67 bits per heavy atom. The van der Waals surface area contributed by atoms with Crippen LogP contribution in [0.4, 0.5) is 17.3 Å². The maximum absolute atomic E-state index is 6.21. The Morgan fingerprint density at radius 2 is 2.00 bits per heavy atom. The van der Waals surface area contributed by atoms with Gasteiger partial charge in [-0.3, -0.25) is 0 Å². The summed E-state index contributed by atoms with van der Waals surface area (Å²) in [5, 5.41) is 6.98. The second kappa shape index (κ2) is 7.59. The first-order valence-electron chi connectivity index (χ1n) is 6.45. The molecule has 1 aromatic carbocycles. The molecule has 0 radical (unpaired) electrons. The Morgan fingerprint density at radius 1 is 1.24 bits per heavy atom. The van der Waals surface area contributed by atoms with Gasteiger partial charge in [0, 0.05) is 24.2 Å². The molecule has 21 heavy (non-hydrogen) atoms. The molecule has 0 bridgehead atoms. The summed E-state index contributed by atoms with van der Waals surface area (Å²) in [6.07, 6.45) is 0. The largest absolute Gasteiger partial charge is 0.377 e. The quantitative estimate of drug-likeness (QED) is 0.796. The molecule has 7 heteroatoms. The first-order valence-corrected chi connectivity index (χ1v) is 7.62. The lowest BCUT2D eigenvalue weighted by atomic mass is 10.3. The predicted molar refractivity (Wildman–Crippen MR) is 89.3 cm³/mol. The van der Waals surface area contributed by atoms with E-state index in [1.54, 1.807) is 7.11 Å². The van der Waals surface area contributed by atoms with Crippen molar-refractivity contribution in [3.05, 3.63) is 39.6 Å². The SMILES string of the molecule is CCNc1cc(Nc2ccc(Br)cc2Cl)nc(COC)n1. The van der Waals surface area contributed by atoms with Crippen LogP contribution in [0.1, 0.15) is 12.7 Å². The van der Waals surface area contributed by atoms with Crippen molar-refractivity contribution in [3.8, 4) is 0 Å². The molecule has 0 saturated heterocycles. The molecular weight excluding hydrogens is 356 g/mol. The minimum atomic E-state index is 0.349. The van der Waals surface area contributed by atoms with E-state index < -0.39 is 0 Å². The van der Waals surface area contributed by atoms with E-state index in [0.717, 1.165) is 22.5 Å². The third-order valence-electron chi connectivity index (χ3n) is 2.60. The summed E-state index contributed by atoms with van der Waals surface area (Å²) in [5.74, 6) is 2.01. The summed E-state index contributed by atoms with van der Waals surface area (Å²) in [6, 6.07) is 7.46. The lowest BCUT2D eigenvalue weighted by Crippen LogP contribution is -2.07. The average Bonchev–Trinajstić information content (AvgIpc) is 2.42. The van der Waals surface area contributed by atoms with E-state index in [0.29, 0.717) is 23.3 Å². The molecule has 0 spiro atoms. The highest BCUT2D eigenvalue weighted by molar-refractivity contribution is 9.10. The Balaban J connectivity index is 2.29.